The third kappa shape index (κ3) is 61.0. The van der Waals surface area contributed by atoms with E-state index in [0.29, 0.717) is 19.4 Å². The SMILES string of the molecule is CCCCCC/C=C\C/C=C\CCCCCCCC(=O)OCCCCCCCCCCCCCC/C=C\CCCCCCCCCCCC(=O)NC(CO)C(O)/C=C/CCCCCCCCCCCCCCCCCC. The van der Waals surface area contributed by atoms with Crippen LogP contribution < -0.4 is 5.32 Å². The molecule has 0 aliphatic rings. The standard InChI is InChI=1S/C70H131NO5/c1-3-5-7-9-11-13-15-17-19-21-31-34-38-42-46-50-54-58-62-68(73)67(66-72)71-69(74)63-59-55-51-47-43-39-35-32-29-27-25-23-22-24-26-28-30-33-37-41-45-49-53-57-61-65-76-70(75)64-60-56-52-48-44-40-36-20-18-16-14-12-10-8-6-4-2/h14,16,20,23,25,36,58,62,67-68,72-73H,3-13,15,17-19,21-22,24,26-35,37-57,59-61,63-66H2,1-2H3,(H,71,74)/b16-14-,25-23-,36-20-,62-58+. The predicted octanol–water partition coefficient (Wildman–Crippen LogP) is 21.7. The molecule has 76 heavy (non-hydrogen) atoms. The Morgan fingerprint density at radius 1 is 0.368 bits per heavy atom. The molecule has 0 saturated heterocycles. The van der Waals surface area contributed by atoms with Crippen LogP contribution in [0.1, 0.15) is 361 Å². The van der Waals surface area contributed by atoms with Gasteiger partial charge in [0.2, 0.25) is 5.91 Å². The largest absolute Gasteiger partial charge is 0.466 e. The lowest BCUT2D eigenvalue weighted by Gasteiger charge is -2.20. The van der Waals surface area contributed by atoms with E-state index in [-0.39, 0.29) is 18.5 Å². The fraction of sp³-hybridized carbons (Fsp3) is 0.857. The van der Waals surface area contributed by atoms with E-state index in [2.05, 4.69) is 55.6 Å². The van der Waals surface area contributed by atoms with Gasteiger partial charge in [-0.05, 0) is 89.9 Å². The van der Waals surface area contributed by atoms with Crippen molar-refractivity contribution >= 4 is 11.9 Å². The van der Waals surface area contributed by atoms with Crippen LogP contribution in [0.4, 0.5) is 0 Å². The number of ether oxygens (including phenoxy) is 1. The first-order valence-electron chi connectivity index (χ1n) is 33.9. The molecular formula is C70H131NO5. The Hall–Kier alpha value is -2.18. The summed E-state index contributed by atoms with van der Waals surface area (Å²) in [4.78, 5) is 24.6. The number of aliphatic hydroxyl groups is 2. The molecule has 0 bridgehead atoms. The Balaban J connectivity index is 3.43. The van der Waals surface area contributed by atoms with Crippen molar-refractivity contribution in [3.05, 3.63) is 48.6 Å². The van der Waals surface area contributed by atoms with Gasteiger partial charge in [-0.1, -0.05) is 306 Å². The van der Waals surface area contributed by atoms with Crippen LogP contribution in [0.2, 0.25) is 0 Å². The zero-order chi connectivity index (χ0) is 55.0. The fourth-order valence-corrected chi connectivity index (χ4v) is 10.4. The van der Waals surface area contributed by atoms with Crippen LogP contribution in [-0.2, 0) is 14.3 Å². The zero-order valence-corrected chi connectivity index (χ0v) is 51.0. The molecule has 0 aromatic heterocycles. The van der Waals surface area contributed by atoms with E-state index < -0.39 is 12.1 Å². The summed E-state index contributed by atoms with van der Waals surface area (Å²) in [5.41, 5.74) is 0. The highest BCUT2D eigenvalue weighted by atomic mass is 16.5. The predicted molar refractivity (Wildman–Crippen MR) is 333 cm³/mol. The van der Waals surface area contributed by atoms with Crippen LogP contribution in [0.25, 0.3) is 0 Å². The number of aliphatic hydroxyl groups excluding tert-OH is 2. The number of nitrogens with one attached hydrogen (secondary N) is 1. The summed E-state index contributed by atoms with van der Waals surface area (Å²) in [6.07, 6.45) is 84.5. The monoisotopic (exact) mass is 1070 g/mol. The molecule has 2 atom stereocenters. The van der Waals surface area contributed by atoms with Crippen LogP contribution in [0.15, 0.2) is 48.6 Å². The minimum Gasteiger partial charge on any atom is -0.466 e. The maximum Gasteiger partial charge on any atom is 0.305 e. The van der Waals surface area contributed by atoms with Crippen molar-refractivity contribution in [2.45, 2.75) is 373 Å². The van der Waals surface area contributed by atoms with Crippen LogP contribution >= 0.6 is 0 Å². The summed E-state index contributed by atoms with van der Waals surface area (Å²) in [6.45, 7) is 4.90. The topological polar surface area (TPSA) is 95.9 Å². The number of esters is 1. The van der Waals surface area contributed by atoms with Gasteiger partial charge in [0.15, 0.2) is 0 Å². The van der Waals surface area contributed by atoms with Crippen molar-refractivity contribution in [2.24, 2.45) is 0 Å². The third-order valence-corrected chi connectivity index (χ3v) is 15.6. The highest BCUT2D eigenvalue weighted by Crippen LogP contribution is 2.17. The van der Waals surface area contributed by atoms with Crippen LogP contribution in [0.3, 0.4) is 0 Å². The van der Waals surface area contributed by atoms with E-state index in [0.717, 1.165) is 51.4 Å². The Kier molecular flexibility index (Phi) is 63.5. The highest BCUT2D eigenvalue weighted by molar-refractivity contribution is 5.76. The molecule has 0 saturated carbocycles. The second-order valence-corrected chi connectivity index (χ2v) is 23.1. The van der Waals surface area contributed by atoms with Crippen molar-refractivity contribution in [3.8, 4) is 0 Å². The third-order valence-electron chi connectivity index (χ3n) is 15.6. The van der Waals surface area contributed by atoms with E-state index in [1.807, 2.05) is 6.08 Å². The van der Waals surface area contributed by atoms with Crippen LogP contribution in [0.5, 0.6) is 0 Å². The molecule has 0 aliphatic carbocycles. The molecule has 6 nitrogen and oxygen atoms in total. The molecule has 446 valence electrons. The number of hydrogen-bond acceptors (Lipinski definition) is 5. The fourth-order valence-electron chi connectivity index (χ4n) is 10.4. The van der Waals surface area contributed by atoms with Gasteiger partial charge in [-0.15, -0.1) is 0 Å². The lowest BCUT2D eigenvalue weighted by molar-refractivity contribution is -0.143. The molecule has 0 radical (unpaired) electrons. The quantitative estimate of drug-likeness (QED) is 0.0320. The molecule has 0 aromatic rings. The lowest BCUT2D eigenvalue weighted by Crippen LogP contribution is -2.45. The lowest BCUT2D eigenvalue weighted by atomic mass is 10.0. The van der Waals surface area contributed by atoms with Gasteiger partial charge in [-0.2, -0.15) is 0 Å². The molecule has 0 heterocycles. The van der Waals surface area contributed by atoms with Crippen LogP contribution in [-0.4, -0.2) is 47.4 Å². The molecule has 0 fully saturated rings. The molecule has 6 heteroatoms. The van der Waals surface area contributed by atoms with Gasteiger partial charge < -0.3 is 20.3 Å². The Morgan fingerprint density at radius 2 is 0.658 bits per heavy atom. The smallest absolute Gasteiger partial charge is 0.305 e. The van der Waals surface area contributed by atoms with E-state index >= 15 is 0 Å². The van der Waals surface area contributed by atoms with Gasteiger partial charge >= 0.3 is 5.97 Å². The van der Waals surface area contributed by atoms with Crippen molar-refractivity contribution in [1.29, 1.82) is 0 Å². The second kappa shape index (κ2) is 65.3. The maximum absolute atomic E-state index is 12.5. The number of rotatable bonds is 63. The summed E-state index contributed by atoms with van der Waals surface area (Å²) in [6, 6.07) is -0.631. The minimum atomic E-state index is -0.848. The highest BCUT2D eigenvalue weighted by Gasteiger charge is 2.18. The van der Waals surface area contributed by atoms with Gasteiger partial charge in [0.1, 0.15) is 0 Å². The number of unbranched alkanes of at least 4 members (excludes halogenated alkanes) is 46. The Morgan fingerprint density at radius 3 is 1.03 bits per heavy atom. The van der Waals surface area contributed by atoms with E-state index in [1.165, 1.54) is 283 Å². The summed E-state index contributed by atoms with van der Waals surface area (Å²) < 4.78 is 5.49. The molecule has 0 spiro atoms. The average Bonchev–Trinajstić information content (AvgIpc) is 3.42. The maximum atomic E-state index is 12.5. The number of carbonyl (C=O) groups is 2. The zero-order valence-electron chi connectivity index (χ0n) is 51.0. The van der Waals surface area contributed by atoms with Crippen LogP contribution in [0, 0.1) is 0 Å². The molecular weight excluding hydrogens is 935 g/mol. The van der Waals surface area contributed by atoms with Gasteiger partial charge in [0.05, 0.1) is 25.4 Å². The van der Waals surface area contributed by atoms with Crippen molar-refractivity contribution in [2.75, 3.05) is 13.2 Å². The number of allylic oxidation sites excluding steroid dienone is 7. The van der Waals surface area contributed by atoms with Gasteiger partial charge in [0, 0.05) is 12.8 Å². The second-order valence-electron chi connectivity index (χ2n) is 23.1. The molecule has 0 rings (SSSR count). The first-order chi connectivity index (χ1) is 37.5. The summed E-state index contributed by atoms with van der Waals surface area (Å²) in [7, 11) is 0. The number of amides is 1. The van der Waals surface area contributed by atoms with Crippen molar-refractivity contribution in [1.82, 2.24) is 5.32 Å². The minimum absolute atomic E-state index is 0.000433. The number of hydrogen-bond donors (Lipinski definition) is 3. The first-order valence-corrected chi connectivity index (χ1v) is 33.9. The Labute approximate surface area is 474 Å². The van der Waals surface area contributed by atoms with E-state index in [9.17, 15) is 19.8 Å². The van der Waals surface area contributed by atoms with Crippen molar-refractivity contribution in [3.63, 3.8) is 0 Å². The number of carbonyl (C=O) groups excluding carboxylic acids is 2. The molecule has 2 unspecified atom stereocenters. The van der Waals surface area contributed by atoms with Gasteiger partial charge in [-0.3, -0.25) is 9.59 Å². The molecule has 0 aliphatic heterocycles. The van der Waals surface area contributed by atoms with Crippen molar-refractivity contribution < 1.29 is 24.5 Å². The first kappa shape index (κ1) is 73.8. The van der Waals surface area contributed by atoms with E-state index in [4.69, 9.17) is 4.74 Å². The van der Waals surface area contributed by atoms with Gasteiger partial charge in [0.25, 0.3) is 0 Å². The van der Waals surface area contributed by atoms with E-state index in [1.54, 1.807) is 6.08 Å². The molecule has 3 N–H and O–H groups in total. The molecule has 1 amide bonds. The summed E-state index contributed by atoms with van der Waals surface area (Å²) >= 11 is 0. The summed E-state index contributed by atoms with van der Waals surface area (Å²) in [5.74, 6) is -0.0695. The molecule has 0 aromatic carbocycles. The average molecular weight is 1070 g/mol. The normalized spacial score (nSPS) is 12.8. The summed E-state index contributed by atoms with van der Waals surface area (Å²) in [5, 5.41) is 23.2. The Bertz CT molecular complexity index is 1270. The van der Waals surface area contributed by atoms with Gasteiger partial charge in [-0.25, -0.2) is 0 Å².